The third-order valence-electron chi connectivity index (χ3n) is 4.08. The molecular weight excluding hydrogens is 306 g/mol. The van der Waals surface area contributed by atoms with Gasteiger partial charge in [-0.25, -0.2) is 0 Å². The van der Waals surface area contributed by atoms with Gasteiger partial charge in [-0.3, -0.25) is 14.5 Å². The fourth-order valence-corrected chi connectivity index (χ4v) is 2.91. The van der Waals surface area contributed by atoms with Crippen LogP contribution in [0, 0.1) is 0 Å². The Morgan fingerprint density at radius 2 is 2.08 bits per heavy atom. The van der Waals surface area contributed by atoms with Crippen LogP contribution in [0.25, 0.3) is 0 Å². The third kappa shape index (κ3) is 5.32. The SMILES string of the molecule is COCCCNC(=O)CN(C)CC(=O)N1CCCc2ccccc21. The minimum atomic E-state index is -0.0690. The highest BCUT2D eigenvalue weighted by Gasteiger charge is 2.23. The number of likely N-dealkylation sites (N-methyl/N-ethyl adjacent to an activating group) is 1. The van der Waals surface area contributed by atoms with E-state index in [-0.39, 0.29) is 24.9 Å². The summed E-state index contributed by atoms with van der Waals surface area (Å²) in [7, 11) is 3.43. The molecule has 1 aliphatic heterocycles. The zero-order valence-corrected chi connectivity index (χ0v) is 14.6. The third-order valence-corrected chi connectivity index (χ3v) is 4.08. The molecule has 6 nitrogen and oxygen atoms in total. The number of aryl methyl sites for hydroxylation is 1. The Balaban J connectivity index is 1.81. The molecule has 1 heterocycles. The lowest BCUT2D eigenvalue weighted by atomic mass is 10.0. The molecule has 6 heteroatoms. The van der Waals surface area contributed by atoms with Gasteiger partial charge < -0.3 is 15.0 Å². The van der Waals surface area contributed by atoms with Gasteiger partial charge in [0.25, 0.3) is 0 Å². The quantitative estimate of drug-likeness (QED) is 0.723. The maximum atomic E-state index is 12.6. The molecule has 0 saturated heterocycles. The molecule has 1 aliphatic rings. The lowest BCUT2D eigenvalue weighted by molar-refractivity contribution is -0.123. The number of para-hydroxylation sites is 1. The maximum Gasteiger partial charge on any atom is 0.241 e. The molecule has 2 amide bonds. The van der Waals surface area contributed by atoms with Crippen LogP contribution in [0.1, 0.15) is 18.4 Å². The second-order valence-corrected chi connectivity index (χ2v) is 6.15. The Labute approximate surface area is 143 Å². The molecule has 0 atom stereocenters. The average molecular weight is 333 g/mol. The molecule has 0 unspecified atom stereocenters. The van der Waals surface area contributed by atoms with Crippen LogP contribution in [0.3, 0.4) is 0 Å². The van der Waals surface area contributed by atoms with Gasteiger partial charge in [-0.15, -0.1) is 0 Å². The Kier molecular flexibility index (Phi) is 7.21. The largest absolute Gasteiger partial charge is 0.385 e. The fraction of sp³-hybridized carbons (Fsp3) is 0.556. The van der Waals surface area contributed by atoms with Gasteiger partial charge in [0.2, 0.25) is 11.8 Å². The second kappa shape index (κ2) is 9.39. The predicted octanol–water partition coefficient (Wildman–Crippen LogP) is 1.05. The summed E-state index contributed by atoms with van der Waals surface area (Å²) in [5.41, 5.74) is 2.22. The zero-order chi connectivity index (χ0) is 17.4. The molecule has 0 saturated carbocycles. The van der Waals surface area contributed by atoms with Crippen molar-refractivity contribution < 1.29 is 14.3 Å². The summed E-state index contributed by atoms with van der Waals surface area (Å²) in [5.74, 6) is -0.0303. The summed E-state index contributed by atoms with van der Waals surface area (Å²) < 4.78 is 4.94. The van der Waals surface area contributed by atoms with E-state index in [1.807, 2.05) is 23.1 Å². The Morgan fingerprint density at radius 3 is 2.88 bits per heavy atom. The van der Waals surface area contributed by atoms with Crippen molar-refractivity contribution in [3.05, 3.63) is 29.8 Å². The highest BCUT2D eigenvalue weighted by atomic mass is 16.5. The Bertz CT molecular complexity index is 562. The molecule has 0 fully saturated rings. The summed E-state index contributed by atoms with van der Waals surface area (Å²) in [4.78, 5) is 28.0. The number of nitrogens with zero attached hydrogens (tertiary/aromatic N) is 2. The van der Waals surface area contributed by atoms with Crippen LogP contribution < -0.4 is 10.2 Å². The van der Waals surface area contributed by atoms with E-state index in [1.165, 1.54) is 5.56 Å². The summed E-state index contributed by atoms with van der Waals surface area (Å²) in [6.45, 7) is 2.41. The van der Waals surface area contributed by atoms with Gasteiger partial charge in [0.05, 0.1) is 13.1 Å². The average Bonchev–Trinajstić information content (AvgIpc) is 2.58. The number of carbonyl (C=O) groups is 2. The molecule has 1 N–H and O–H groups in total. The summed E-state index contributed by atoms with van der Waals surface area (Å²) >= 11 is 0. The lowest BCUT2D eigenvalue weighted by Crippen LogP contribution is -2.44. The number of benzene rings is 1. The van der Waals surface area contributed by atoms with E-state index < -0.39 is 0 Å². The van der Waals surface area contributed by atoms with E-state index in [4.69, 9.17) is 4.74 Å². The predicted molar refractivity (Wildman–Crippen MR) is 94.1 cm³/mol. The van der Waals surface area contributed by atoms with Crippen molar-refractivity contribution in [1.29, 1.82) is 0 Å². The van der Waals surface area contributed by atoms with E-state index in [9.17, 15) is 9.59 Å². The number of carbonyl (C=O) groups excluding carboxylic acids is 2. The molecule has 0 aliphatic carbocycles. The number of hydrogen-bond donors (Lipinski definition) is 1. The monoisotopic (exact) mass is 333 g/mol. The summed E-state index contributed by atoms with van der Waals surface area (Å²) in [6.07, 6.45) is 2.78. The maximum absolute atomic E-state index is 12.6. The van der Waals surface area contributed by atoms with Crippen LogP contribution in [-0.4, -0.2) is 63.7 Å². The molecule has 1 aromatic rings. The normalized spacial score (nSPS) is 13.7. The molecule has 2 rings (SSSR count). The summed E-state index contributed by atoms with van der Waals surface area (Å²) in [6, 6.07) is 8.04. The van der Waals surface area contributed by atoms with Crippen LogP contribution in [0.2, 0.25) is 0 Å². The minimum Gasteiger partial charge on any atom is -0.385 e. The first-order chi connectivity index (χ1) is 11.6. The number of rotatable bonds is 8. The number of methoxy groups -OCH3 is 1. The highest BCUT2D eigenvalue weighted by molar-refractivity contribution is 5.96. The van der Waals surface area contributed by atoms with Gasteiger partial charge in [0.1, 0.15) is 0 Å². The number of ether oxygens (including phenoxy) is 1. The molecule has 24 heavy (non-hydrogen) atoms. The van der Waals surface area contributed by atoms with Crippen molar-refractivity contribution in [2.75, 3.05) is 51.8 Å². The molecule has 1 aromatic carbocycles. The number of hydrogen-bond acceptors (Lipinski definition) is 4. The van der Waals surface area contributed by atoms with E-state index in [2.05, 4.69) is 11.4 Å². The minimum absolute atomic E-state index is 0.0387. The van der Waals surface area contributed by atoms with Gasteiger partial charge in [0, 0.05) is 32.5 Å². The molecule has 0 radical (unpaired) electrons. The number of amides is 2. The lowest BCUT2D eigenvalue weighted by Gasteiger charge is -2.30. The van der Waals surface area contributed by atoms with Crippen LogP contribution in [0.5, 0.6) is 0 Å². The molecule has 132 valence electrons. The smallest absolute Gasteiger partial charge is 0.241 e. The Hall–Kier alpha value is -1.92. The van der Waals surface area contributed by atoms with E-state index in [0.717, 1.165) is 31.5 Å². The molecule has 0 spiro atoms. The number of fused-ring (bicyclic) bond motifs is 1. The first kappa shape index (κ1) is 18.4. The molecular formula is C18H27N3O3. The standard InChI is InChI=1S/C18H27N3O3/c1-20(13-17(22)19-10-6-12-24-2)14-18(23)21-11-5-8-15-7-3-4-9-16(15)21/h3-4,7,9H,5-6,8,10-14H2,1-2H3,(H,19,22). The van der Waals surface area contributed by atoms with E-state index in [1.54, 1.807) is 19.1 Å². The zero-order valence-electron chi connectivity index (χ0n) is 14.6. The van der Waals surface area contributed by atoms with Crippen molar-refractivity contribution in [2.24, 2.45) is 0 Å². The van der Waals surface area contributed by atoms with E-state index >= 15 is 0 Å². The van der Waals surface area contributed by atoms with Crippen molar-refractivity contribution in [3.8, 4) is 0 Å². The molecule has 0 bridgehead atoms. The van der Waals surface area contributed by atoms with Crippen molar-refractivity contribution in [1.82, 2.24) is 10.2 Å². The van der Waals surface area contributed by atoms with Crippen LogP contribution in [0.15, 0.2) is 24.3 Å². The Morgan fingerprint density at radius 1 is 1.29 bits per heavy atom. The second-order valence-electron chi connectivity index (χ2n) is 6.15. The van der Waals surface area contributed by atoms with Gasteiger partial charge in [-0.1, -0.05) is 18.2 Å². The van der Waals surface area contributed by atoms with Gasteiger partial charge in [0.15, 0.2) is 0 Å². The number of nitrogens with one attached hydrogen (secondary N) is 1. The molecule has 0 aromatic heterocycles. The topological polar surface area (TPSA) is 61.9 Å². The van der Waals surface area contributed by atoms with Crippen LogP contribution in [0.4, 0.5) is 5.69 Å². The van der Waals surface area contributed by atoms with Gasteiger partial charge in [-0.05, 0) is 37.9 Å². The fourth-order valence-electron chi connectivity index (χ4n) is 2.91. The van der Waals surface area contributed by atoms with Crippen LogP contribution in [-0.2, 0) is 20.7 Å². The van der Waals surface area contributed by atoms with Crippen LogP contribution >= 0.6 is 0 Å². The van der Waals surface area contributed by atoms with Gasteiger partial charge in [-0.2, -0.15) is 0 Å². The highest BCUT2D eigenvalue weighted by Crippen LogP contribution is 2.26. The van der Waals surface area contributed by atoms with Gasteiger partial charge >= 0.3 is 0 Å². The first-order valence-corrected chi connectivity index (χ1v) is 8.44. The van der Waals surface area contributed by atoms with Crippen molar-refractivity contribution >= 4 is 17.5 Å². The number of anilines is 1. The van der Waals surface area contributed by atoms with Crippen molar-refractivity contribution in [3.63, 3.8) is 0 Å². The first-order valence-electron chi connectivity index (χ1n) is 8.44. The van der Waals surface area contributed by atoms with E-state index in [0.29, 0.717) is 13.2 Å². The summed E-state index contributed by atoms with van der Waals surface area (Å²) in [5, 5.41) is 2.83. The van der Waals surface area contributed by atoms with Crippen molar-refractivity contribution in [2.45, 2.75) is 19.3 Å².